The van der Waals surface area contributed by atoms with Crippen LogP contribution in [0.2, 0.25) is 0 Å². The summed E-state index contributed by atoms with van der Waals surface area (Å²) in [5.41, 5.74) is 14.3. The summed E-state index contributed by atoms with van der Waals surface area (Å²) in [5.74, 6) is -2.58. The molecule has 0 saturated carbocycles. The van der Waals surface area contributed by atoms with E-state index in [-0.39, 0.29) is 11.1 Å². The monoisotopic (exact) mass is 856 g/mol. The summed E-state index contributed by atoms with van der Waals surface area (Å²) in [4.78, 5) is 23.0. The molecule has 0 bridgehead atoms. The molecule has 314 valence electrons. The number of benzene rings is 7. The van der Waals surface area contributed by atoms with Gasteiger partial charge in [-0.1, -0.05) is 146 Å². The molecule has 0 radical (unpaired) electrons. The van der Waals surface area contributed by atoms with Gasteiger partial charge < -0.3 is 10.2 Å². The molecule has 0 saturated heterocycles. The summed E-state index contributed by atoms with van der Waals surface area (Å²) < 4.78 is 0. The number of nitrogens with zero attached hydrogens (tertiary/aromatic N) is 6. The van der Waals surface area contributed by atoms with Gasteiger partial charge in [0.1, 0.15) is 23.3 Å². The maximum absolute atomic E-state index is 11.5. The predicted molar refractivity (Wildman–Crippen MR) is 260 cm³/mol. The number of anilines is 2. The molecular weight excluding hydrogens is 821 g/mol. The average Bonchev–Trinajstić information content (AvgIpc) is 3.84. The van der Waals surface area contributed by atoms with Crippen molar-refractivity contribution in [2.75, 3.05) is 10.0 Å². The second-order valence-electron chi connectivity index (χ2n) is 15.2. The number of carboxylic acids is 2. The molecule has 7 aromatic carbocycles. The SMILES string of the molecule is N#C/C(=C/c1ccc(N(C=C2c3ccccc3-c3ccccc32)/N=C/c2ccc(/C=N/N(C=C3c4ccccc4-c4ccccc43)c3ccc(/C=C(/C#N)C(=O)O)cc3)cc2)cc1)C(=O)O. The van der Waals surface area contributed by atoms with Gasteiger partial charge in [0.25, 0.3) is 0 Å². The van der Waals surface area contributed by atoms with Crippen molar-refractivity contribution < 1.29 is 19.8 Å². The van der Waals surface area contributed by atoms with Crippen molar-refractivity contribution in [1.82, 2.24) is 0 Å². The normalized spacial score (nSPS) is 12.5. The van der Waals surface area contributed by atoms with Crippen LogP contribution in [0.25, 0.3) is 45.6 Å². The largest absolute Gasteiger partial charge is 0.477 e. The molecule has 66 heavy (non-hydrogen) atoms. The van der Waals surface area contributed by atoms with Crippen LogP contribution in [0, 0.1) is 22.7 Å². The van der Waals surface area contributed by atoms with Gasteiger partial charge in [-0.2, -0.15) is 20.7 Å². The van der Waals surface area contributed by atoms with Crippen LogP contribution in [0.15, 0.2) is 204 Å². The van der Waals surface area contributed by atoms with E-state index in [9.17, 15) is 30.3 Å². The third-order valence-electron chi connectivity index (χ3n) is 11.2. The molecule has 0 spiro atoms. The third-order valence-corrected chi connectivity index (χ3v) is 11.2. The lowest BCUT2D eigenvalue weighted by atomic mass is 10.1. The van der Waals surface area contributed by atoms with Crippen LogP contribution in [-0.4, -0.2) is 34.6 Å². The van der Waals surface area contributed by atoms with Crippen molar-refractivity contribution in [3.8, 4) is 34.4 Å². The first-order chi connectivity index (χ1) is 32.3. The predicted octanol–water partition coefficient (Wildman–Crippen LogP) is 11.5. The molecule has 10 nitrogen and oxygen atoms in total. The zero-order valence-corrected chi connectivity index (χ0v) is 35.0. The van der Waals surface area contributed by atoms with E-state index in [1.807, 2.05) is 109 Å². The maximum atomic E-state index is 11.5. The van der Waals surface area contributed by atoms with E-state index < -0.39 is 11.9 Å². The second kappa shape index (κ2) is 18.4. The van der Waals surface area contributed by atoms with Crippen LogP contribution in [0.3, 0.4) is 0 Å². The first-order valence-electron chi connectivity index (χ1n) is 20.8. The van der Waals surface area contributed by atoms with E-state index >= 15 is 0 Å². The van der Waals surface area contributed by atoms with Crippen LogP contribution in [0.5, 0.6) is 0 Å². The Balaban J connectivity index is 1.04. The van der Waals surface area contributed by atoms with Gasteiger partial charge >= 0.3 is 11.9 Å². The highest BCUT2D eigenvalue weighted by Gasteiger charge is 2.25. The molecule has 9 rings (SSSR count). The number of hydrazone groups is 2. The molecule has 2 N–H and O–H groups in total. The molecular formula is C56H36N6O4. The summed E-state index contributed by atoms with van der Waals surface area (Å²) in [7, 11) is 0. The fourth-order valence-electron chi connectivity index (χ4n) is 7.96. The zero-order valence-electron chi connectivity index (χ0n) is 35.0. The average molecular weight is 857 g/mol. The minimum atomic E-state index is -1.29. The number of carbonyl (C=O) groups is 2. The zero-order chi connectivity index (χ0) is 45.6. The molecule has 0 amide bonds. The van der Waals surface area contributed by atoms with E-state index in [0.717, 1.165) is 66.8 Å². The maximum Gasteiger partial charge on any atom is 0.346 e. The van der Waals surface area contributed by atoms with E-state index in [2.05, 4.69) is 48.5 Å². The fourth-order valence-corrected chi connectivity index (χ4v) is 7.96. The second-order valence-corrected chi connectivity index (χ2v) is 15.2. The number of rotatable bonds is 12. The van der Waals surface area contributed by atoms with Crippen LogP contribution in [-0.2, 0) is 9.59 Å². The van der Waals surface area contributed by atoms with Crippen molar-refractivity contribution in [3.63, 3.8) is 0 Å². The summed E-state index contributed by atoms with van der Waals surface area (Å²) in [6.07, 6.45) is 10.2. The molecule has 0 atom stereocenters. The molecule has 2 aliphatic carbocycles. The molecule has 0 fully saturated rings. The number of fused-ring (bicyclic) bond motifs is 6. The van der Waals surface area contributed by atoms with Gasteiger partial charge in [-0.25, -0.2) is 19.6 Å². The highest BCUT2D eigenvalue weighted by molar-refractivity contribution is 6.03. The lowest BCUT2D eigenvalue weighted by molar-refractivity contribution is -0.133. The van der Waals surface area contributed by atoms with Gasteiger partial charge in [-0.05, 0) is 103 Å². The van der Waals surface area contributed by atoms with E-state index in [4.69, 9.17) is 10.2 Å². The topological polar surface area (TPSA) is 153 Å². The minimum Gasteiger partial charge on any atom is -0.477 e. The molecule has 0 unspecified atom stereocenters. The Morgan fingerprint density at radius 1 is 0.409 bits per heavy atom. The highest BCUT2D eigenvalue weighted by Crippen LogP contribution is 2.45. The van der Waals surface area contributed by atoms with Crippen LogP contribution in [0.1, 0.15) is 44.5 Å². The van der Waals surface area contributed by atoms with Gasteiger partial charge in [0.05, 0.1) is 23.8 Å². The third kappa shape index (κ3) is 8.57. The smallest absolute Gasteiger partial charge is 0.346 e. The number of hydrogen-bond acceptors (Lipinski definition) is 8. The van der Waals surface area contributed by atoms with E-state index in [0.29, 0.717) is 22.5 Å². The Kier molecular flexibility index (Phi) is 11.6. The Hall–Kier alpha value is -9.64. The minimum absolute atomic E-state index is 0.361. The number of carboxylic acid groups (broad SMARTS) is 2. The summed E-state index contributed by atoms with van der Waals surface area (Å²) in [6.45, 7) is 0. The number of nitriles is 2. The summed E-state index contributed by atoms with van der Waals surface area (Å²) >= 11 is 0. The molecule has 10 heteroatoms. The van der Waals surface area contributed by atoms with Crippen molar-refractivity contribution >= 4 is 59.0 Å². The molecule has 7 aromatic rings. The van der Waals surface area contributed by atoms with E-state index in [1.54, 1.807) is 58.9 Å². The van der Waals surface area contributed by atoms with Gasteiger partial charge in [-0.3, -0.25) is 0 Å². The Morgan fingerprint density at radius 2 is 0.682 bits per heavy atom. The lowest BCUT2D eigenvalue weighted by Gasteiger charge is -2.17. The first kappa shape index (κ1) is 41.7. The Labute approximate surface area is 380 Å². The molecule has 0 aliphatic heterocycles. The van der Waals surface area contributed by atoms with E-state index in [1.165, 1.54) is 12.2 Å². The summed E-state index contributed by atoms with van der Waals surface area (Å²) in [5, 5.41) is 50.9. The molecule has 2 aliphatic rings. The summed E-state index contributed by atoms with van der Waals surface area (Å²) in [6, 6.07) is 58.5. The number of aliphatic carboxylic acids is 2. The van der Waals surface area contributed by atoms with Crippen LogP contribution in [0.4, 0.5) is 11.4 Å². The fraction of sp³-hybridized carbons (Fsp3) is 0. The molecule has 0 heterocycles. The van der Waals surface area contributed by atoms with Gasteiger partial charge in [-0.15, -0.1) is 0 Å². The van der Waals surface area contributed by atoms with Crippen molar-refractivity contribution in [2.24, 2.45) is 10.2 Å². The van der Waals surface area contributed by atoms with Gasteiger partial charge in [0, 0.05) is 23.5 Å². The van der Waals surface area contributed by atoms with Crippen molar-refractivity contribution in [3.05, 3.63) is 238 Å². The van der Waals surface area contributed by atoms with Crippen LogP contribution >= 0.6 is 0 Å². The van der Waals surface area contributed by atoms with Gasteiger partial charge in [0.15, 0.2) is 0 Å². The molecule has 0 aromatic heterocycles. The highest BCUT2D eigenvalue weighted by atomic mass is 16.4. The van der Waals surface area contributed by atoms with Crippen LogP contribution < -0.4 is 10.0 Å². The Morgan fingerprint density at radius 3 is 0.955 bits per heavy atom. The van der Waals surface area contributed by atoms with Gasteiger partial charge in [0.2, 0.25) is 0 Å². The quantitative estimate of drug-likeness (QED) is 0.0533. The first-order valence-corrected chi connectivity index (χ1v) is 20.8. The van der Waals surface area contributed by atoms with Crippen molar-refractivity contribution in [1.29, 1.82) is 10.5 Å². The lowest BCUT2D eigenvalue weighted by Crippen LogP contribution is -2.10. The Bertz CT molecular complexity index is 3010. The number of hydrogen-bond donors (Lipinski definition) is 2. The standard InChI is InChI=1S/C56H36N6O4/c57-31-41(55(63)64)29-37-21-25-43(26-22-37)61(35-53-49-13-5-1-9-45(49)46-10-2-6-14-50(46)53)59-33-39-17-19-40(20-18-39)34-60-62(44-27-23-38(24-28-44)30-42(32-58)56(65)66)36-54-51-15-7-3-11-47(51)48-12-4-8-16-52(48)54/h1-30,33-36H,(H,63,64)(H,65,66)/b41-29-,42-30-,59-33+,60-34+. The van der Waals surface area contributed by atoms with Crippen molar-refractivity contribution in [2.45, 2.75) is 0 Å².